The quantitative estimate of drug-likeness (QED) is 0.780. The van der Waals surface area contributed by atoms with Gasteiger partial charge in [0.1, 0.15) is 5.69 Å². The third-order valence-electron chi connectivity index (χ3n) is 2.82. The van der Waals surface area contributed by atoms with Crippen LogP contribution in [-0.4, -0.2) is 15.7 Å². The van der Waals surface area contributed by atoms with E-state index < -0.39 is 0 Å². The Hall–Kier alpha value is -2.10. The van der Waals surface area contributed by atoms with Crippen molar-refractivity contribution >= 4 is 5.97 Å². The van der Waals surface area contributed by atoms with Gasteiger partial charge in [0, 0.05) is 6.54 Å². The normalized spacial score (nSPS) is 10.4. The van der Waals surface area contributed by atoms with Gasteiger partial charge in [-0.25, -0.2) is 4.79 Å². The van der Waals surface area contributed by atoms with Crippen molar-refractivity contribution in [2.24, 2.45) is 0 Å². The number of benzene rings is 1. The zero-order chi connectivity index (χ0) is 13.1. The fourth-order valence-corrected chi connectivity index (χ4v) is 1.86. The van der Waals surface area contributed by atoms with Gasteiger partial charge in [0.15, 0.2) is 5.75 Å². The first-order valence-electron chi connectivity index (χ1n) is 5.94. The summed E-state index contributed by atoms with van der Waals surface area (Å²) in [7, 11) is 0. The highest BCUT2D eigenvalue weighted by Crippen LogP contribution is 2.23. The van der Waals surface area contributed by atoms with Crippen LogP contribution in [0.5, 0.6) is 5.75 Å². The molecule has 0 saturated carbocycles. The highest BCUT2D eigenvalue weighted by atomic mass is 16.5. The molecule has 1 heterocycles. The van der Waals surface area contributed by atoms with Crippen molar-refractivity contribution in [3.63, 3.8) is 0 Å². The Morgan fingerprint density at radius 1 is 1.28 bits per heavy atom. The van der Waals surface area contributed by atoms with E-state index in [1.54, 1.807) is 12.1 Å². The molecule has 0 radical (unpaired) electrons. The molecule has 4 heteroatoms. The number of esters is 1. The summed E-state index contributed by atoms with van der Waals surface area (Å²) in [6, 6.07) is 8.95. The smallest absolute Gasteiger partial charge is 0.343 e. The second kappa shape index (κ2) is 5.04. The van der Waals surface area contributed by atoms with E-state index in [1.165, 1.54) is 0 Å². The van der Waals surface area contributed by atoms with Crippen molar-refractivity contribution in [2.45, 2.75) is 27.3 Å². The fourth-order valence-electron chi connectivity index (χ4n) is 1.86. The van der Waals surface area contributed by atoms with E-state index in [4.69, 9.17) is 4.74 Å². The molecule has 0 amide bonds. The van der Waals surface area contributed by atoms with Crippen LogP contribution in [0.2, 0.25) is 0 Å². The third-order valence-corrected chi connectivity index (χ3v) is 2.82. The zero-order valence-corrected chi connectivity index (χ0v) is 10.8. The van der Waals surface area contributed by atoms with Gasteiger partial charge in [0.25, 0.3) is 0 Å². The van der Waals surface area contributed by atoms with Crippen LogP contribution >= 0.6 is 0 Å². The van der Waals surface area contributed by atoms with Crippen LogP contribution in [-0.2, 0) is 6.54 Å². The highest BCUT2D eigenvalue weighted by molar-refractivity contribution is 5.91. The molecule has 0 atom stereocenters. The van der Waals surface area contributed by atoms with Crippen LogP contribution in [0.1, 0.15) is 28.7 Å². The van der Waals surface area contributed by atoms with E-state index in [1.807, 2.05) is 43.7 Å². The fraction of sp³-hybridized carbons (Fsp3) is 0.286. The summed E-state index contributed by atoms with van der Waals surface area (Å²) in [5.41, 5.74) is 2.15. The van der Waals surface area contributed by atoms with Crippen molar-refractivity contribution in [1.82, 2.24) is 9.78 Å². The van der Waals surface area contributed by atoms with Crippen molar-refractivity contribution in [1.29, 1.82) is 0 Å². The molecule has 94 valence electrons. The number of nitrogens with zero attached hydrogens (tertiary/aromatic N) is 2. The number of ether oxygens (including phenoxy) is 1. The second-order valence-electron chi connectivity index (χ2n) is 4.07. The summed E-state index contributed by atoms with van der Waals surface area (Å²) in [5, 5.41) is 4.31. The molecule has 0 aliphatic rings. The molecule has 1 aromatic carbocycles. The molecule has 2 rings (SSSR count). The Morgan fingerprint density at radius 3 is 2.50 bits per heavy atom. The maximum Gasteiger partial charge on any atom is 0.343 e. The van der Waals surface area contributed by atoms with Gasteiger partial charge in [-0.1, -0.05) is 18.2 Å². The maximum absolute atomic E-state index is 12.0. The summed E-state index contributed by atoms with van der Waals surface area (Å²) >= 11 is 0. The third kappa shape index (κ3) is 2.27. The Morgan fingerprint density at radius 2 is 1.94 bits per heavy atom. The van der Waals surface area contributed by atoms with Crippen LogP contribution in [0.3, 0.4) is 0 Å². The minimum atomic E-state index is -0.350. The van der Waals surface area contributed by atoms with Gasteiger partial charge >= 0.3 is 5.97 Å². The van der Waals surface area contributed by atoms with Gasteiger partial charge in [-0.2, -0.15) is 5.10 Å². The molecule has 2 aromatic rings. The first-order chi connectivity index (χ1) is 8.63. The van der Waals surface area contributed by atoms with Gasteiger partial charge in [-0.15, -0.1) is 0 Å². The molecular weight excluding hydrogens is 228 g/mol. The van der Waals surface area contributed by atoms with E-state index in [0.29, 0.717) is 11.3 Å². The molecule has 0 aliphatic heterocycles. The Balaban J connectivity index is 2.25. The van der Waals surface area contributed by atoms with Crippen LogP contribution in [0.25, 0.3) is 0 Å². The summed E-state index contributed by atoms with van der Waals surface area (Å²) in [6.45, 7) is 6.50. The number of rotatable bonds is 3. The molecule has 0 N–H and O–H groups in total. The van der Waals surface area contributed by atoms with Gasteiger partial charge in [-0.05, 0) is 32.9 Å². The summed E-state index contributed by atoms with van der Waals surface area (Å²) in [5.74, 6) is 0.211. The van der Waals surface area contributed by atoms with Crippen molar-refractivity contribution in [2.75, 3.05) is 0 Å². The largest absolute Gasteiger partial charge is 0.419 e. The van der Waals surface area contributed by atoms with Crippen LogP contribution in [0.15, 0.2) is 30.3 Å². The van der Waals surface area contributed by atoms with Gasteiger partial charge in [0.2, 0.25) is 0 Å². The molecule has 0 spiro atoms. The van der Waals surface area contributed by atoms with Crippen LogP contribution < -0.4 is 4.74 Å². The number of hydrogen-bond acceptors (Lipinski definition) is 3. The highest BCUT2D eigenvalue weighted by Gasteiger charge is 2.16. The maximum atomic E-state index is 12.0. The van der Waals surface area contributed by atoms with Crippen LogP contribution in [0.4, 0.5) is 0 Å². The lowest BCUT2D eigenvalue weighted by molar-refractivity contribution is 0.0732. The second-order valence-corrected chi connectivity index (χ2v) is 4.07. The first kappa shape index (κ1) is 12.4. The van der Waals surface area contributed by atoms with E-state index in [-0.39, 0.29) is 5.97 Å². The minimum Gasteiger partial charge on any atom is -0.419 e. The first-order valence-corrected chi connectivity index (χ1v) is 5.94. The standard InChI is InChI=1S/C14H16N2O2/c1-4-16-11(3)13(10(2)15-16)18-14(17)12-8-6-5-7-9-12/h5-9H,4H2,1-3H3. The number of aromatic nitrogens is 2. The van der Waals surface area contributed by atoms with Gasteiger partial charge < -0.3 is 4.74 Å². The predicted molar refractivity (Wildman–Crippen MR) is 68.8 cm³/mol. The van der Waals surface area contributed by atoms with E-state index in [0.717, 1.165) is 17.9 Å². The number of carbonyl (C=O) groups excluding carboxylic acids is 1. The van der Waals surface area contributed by atoms with Gasteiger partial charge in [0.05, 0.1) is 11.3 Å². The molecule has 0 saturated heterocycles. The molecule has 0 bridgehead atoms. The lowest BCUT2D eigenvalue weighted by Crippen LogP contribution is -2.09. The monoisotopic (exact) mass is 244 g/mol. The molecule has 0 fully saturated rings. The number of aryl methyl sites for hydroxylation is 2. The molecule has 0 aliphatic carbocycles. The van der Waals surface area contributed by atoms with E-state index in [9.17, 15) is 4.79 Å². The minimum absolute atomic E-state index is 0.350. The Bertz CT molecular complexity index is 559. The molecule has 18 heavy (non-hydrogen) atoms. The average molecular weight is 244 g/mol. The SMILES string of the molecule is CCn1nc(C)c(OC(=O)c2ccccc2)c1C. The zero-order valence-electron chi connectivity index (χ0n) is 10.8. The van der Waals surface area contributed by atoms with E-state index in [2.05, 4.69) is 5.10 Å². The Labute approximate surface area is 106 Å². The summed E-state index contributed by atoms with van der Waals surface area (Å²) in [4.78, 5) is 12.0. The lowest BCUT2D eigenvalue weighted by Gasteiger charge is -2.04. The van der Waals surface area contributed by atoms with Crippen LogP contribution in [0, 0.1) is 13.8 Å². The predicted octanol–water partition coefficient (Wildman–Crippen LogP) is 2.74. The van der Waals surface area contributed by atoms with Crippen molar-refractivity contribution in [3.05, 3.63) is 47.3 Å². The molecular formula is C14H16N2O2. The number of hydrogen-bond donors (Lipinski definition) is 0. The summed E-state index contributed by atoms with van der Waals surface area (Å²) in [6.07, 6.45) is 0. The van der Waals surface area contributed by atoms with E-state index >= 15 is 0 Å². The topological polar surface area (TPSA) is 44.1 Å². The molecule has 4 nitrogen and oxygen atoms in total. The average Bonchev–Trinajstić information content (AvgIpc) is 2.67. The molecule has 0 unspecified atom stereocenters. The van der Waals surface area contributed by atoms with Gasteiger partial charge in [-0.3, -0.25) is 4.68 Å². The summed E-state index contributed by atoms with van der Waals surface area (Å²) < 4.78 is 7.24. The van der Waals surface area contributed by atoms with Crippen molar-refractivity contribution < 1.29 is 9.53 Å². The number of carbonyl (C=O) groups is 1. The Kier molecular flexibility index (Phi) is 3.46. The lowest BCUT2D eigenvalue weighted by atomic mass is 10.2. The molecule has 1 aromatic heterocycles. The van der Waals surface area contributed by atoms with Crippen molar-refractivity contribution in [3.8, 4) is 5.75 Å².